The first kappa shape index (κ1) is 31.0. The van der Waals surface area contributed by atoms with Gasteiger partial charge in [0.2, 0.25) is 10.0 Å². The van der Waals surface area contributed by atoms with Crippen LogP contribution in [0, 0.1) is 40.9 Å². The quantitative estimate of drug-likeness (QED) is 0.309. The van der Waals surface area contributed by atoms with E-state index in [0.717, 1.165) is 32.1 Å². The highest BCUT2D eigenvalue weighted by Crippen LogP contribution is 2.67. The van der Waals surface area contributed by atoms with Gasteiger partial charge in [0.15, 0.2) is 0 Å². The normalized spacial score (nSPS) is 42.2. The SMILES string of the molecule is C=C1[C@@H]2C[C@H]3[C@@H](CC=C4C[C@@H](OCc5ccccc5)CC[C@@]43C)[C@@H]2CC[C@]12O[C@@H]1C[C@H](C)CN(S(=O)(=O)c3ccccc3)[C@H]1[C@H]2C. The van der Waals surface area contributed by atoms with E-state index in [-0.39, 0.29) is 29.4 Å². The molecule has 246 valence electrons. The fraction of sp³-hybridized carbons (Fsp3) is 0.600. The number of hydrogen-bond donors (Lipinski definition) is 0. The lowest BCUT2D eigenvalue weighted by Crippen LogP contribution is -2.54. The second-order valence-corrected chi connectivity index (χ2v) is 17.8. The molecular formula is C40H51NO4S. The van der Waals surface area contributed by atoms with Crippen LogP contribution < -0.4 is 0 Å². The Balaban J connectivity index is 1.01. The summed E-state index contributed by atoms with van der Waals surface area (Å²) in [5, 5.41) is 0. The molecule has 11 atom stereocenters. The summed E-state index contributed by atoms with van der Waals surface area (Å²) >= 11 is 0. The molecule has 2 heterocycles. The van der Waals surface area contributed by atoms with Crippen molar-refractivity contribution in [3.05, 3.63) is 90.0 Å². The maximum absolute atomic E-state index is 14.1. The molecule has 5 fully saturated rings. The summed E-state index contributed by atoms with van der Waals surface area (Å²) in [7, 11) is -3.63. The van der Waals surface area contributed by atoms with Crippen molar-refractivity contribution in [2.75, 3.05) is 6.54 Å². The summed E-state index contributed by atoms with van der Waals surface area (Å²) in [6.07, 6.45) is 11.6. The van der Waals surface area contributed by atoms with E-state index in [9.17, 15) is 8.42 Å². The van der Waals surface area contributed by atoms with E-state index >= 15 is 0 Å². The molecule has 2 saturated heterocycles. The van der Waals surface area contributed by atoms with Gasteiger partial charge in [-0.15, -0.1) is 0 Å². The number of fused-ring (bicyclic) bond motifs is 6. The van der Waals surface area contributed by atoms with Crippen molar-refractivity contribution in [1.29, 1.82) is 0 Å². The van der Waals surface area contributed by atoms with Crippen molar-refractivity contribution in [2.45, 2.75) is 107 Å². The van der Waals surface area contributed by atoms with Crippen molar-refractivity contribution in [3.63, 3.8) is 0 Å². The summed E-state index contributed by atoms with van der Waals surface area (Å²) < 4.78 is 43.6. The number of piperidine rings is 1. The third-order valence-corrected chi connectivity index (χ3v) is 15.6. The fourth-order valence-electron chi connectivity index (χ4n) is 11.3. The first-order chi connectivity index (χ1) is 22.1. The smallest absolute Gasteiger partial charge is 0.243 e. The second-order valence-electron chi connectivity index (χ2n) is 15.9. The number of hydrogen-bond acceptors (Lipinski definition) is 4. The Morgan fingerprint density at radius 2 is 1.72 bits per heavy atom. The van der Waals surface area contributed by atoms with Gasteiger partial charge in [-0.25, -0.2) is 8.42 Å². The van der Waals surface area contributed by atoms with Crippen LogP contribution in [-0.2, 0) is 26.1 Å². The maximum Gasteiger partial charge on any atom is 0.243 e. The third-order valence-electron chi connectivity index (χ3n) is 13.7. The highest BCUT2D eigenvalue weighted by atomic mass is 32.2. The summed E-state index contributed by atoms with van der Waals surface area (Å²) in [4.78, 5) is 0.384. The minimum atomic E-state index is -3.63. The minimum Gasteiger partial charge on any atom is -0.373 e. The zero-order valence-electron chi connectivity index (χ0n) is 27.8. The van der Waals surface area contributed by atoms with Gasteiger partial charge in [-0.3, -0.25) is 0 Å². The lowest BCUT2D eigenvalue weighted by atomic mass is 9.56. The highest BCUT2D eigenvalue weighted by Gasteiger charge is 2.65. The van der Waals surface area contributed by atoms with Gasteiger partial charge in [0.05, 0.1) is 35.4 Å². The van der Waals surface area contributed by atoms with E-state index in [0.29, 0.717) is 47.8 Å². The largest absolute Gasteiger partial charge is 0.373 e. The van der Waals surface area contributed by atoms with Crippen molar-refractivity contribution in [2.24, 2.45) is 40.9 Å². The van der Waals surface area contributed by atoms with Crippen molar-refractivity contribution in [3.8, 4) is 0 Å². The number of ether oxygens (including phenoxy) is 2. The number of allylic oxidation sites excluding steroid dienone is 1. The zero-order valence-corrected chi connectivity index (χ0v) is 28.6. The van der Waals surface area contributed by atoms with Crippen LogP contribution in [0.1, 0.15) is 77.7 Å². The molecule has 4 aliphatic carbocycles. The Labute approximate surface area is 276 Å². The van der Waals surface area contributed by atoms with Gasteiger partial charge in [-0.1, -0.05) is 87.5 Å². The predicted octanol–water partition coefficient (Wildman–Crippen LogP) is 8.18. The Morgan fingerprint density at radius 1 is 0.978 bits per heavy atom. The maximum atomic E-state index is 14.1. The number of benzene rings is 2. The molecule has 3 saturated carbocycles. The van der Waals surface area contributed by atoms with Gasteiger partial charge in [0, 0.05) is 12.5 Å². The molecule has 8 rings (SSSR count). The predicted molar refractivity (Wildman–Crippen MR) is 181 cm³/mol. The molecular weight excluding hydrogens is 591 g/mol. The molecule has 5 nitrogen and oxygen atoms in total. The van der Waals surface area contributed by atoms with Gasteiger partial charge in [0.25, 0.3) is 0 Å². The summed E-state index contributed by atoms with van der Waals surface area (Å²) in [5.41, 5.74) is 3.93. The molecule has 0 amide bonds. The average molecular weight is 642 g/mol. The Bertz CT molecular complexity index is 1610. The van der Waals surface area contributed by atoms with E-state index in [1.54, 1.807) is 17.7 Å². The van der Waals surface area contributed by atoms with E-state index < -0.39 is 15.6 Å². The summed E-state index contributed by atoms with van der Waals surface area (Å²) in [6, 6.07) is 19.4. The molecule has 1 spiro atoms. The topological polar surface area (TPSA) is 55.8 Å². The molecule has 46 heavy (non-hydrogen) atoms. The van der Waals surface area contributed by atoms with Gasteiger partial charge in [-0.2, -0.15) is 4.31 Å². The van der Waals surface area contributed by atoms with Gasteiger partial charge >= 0.3 is 0 Å². The Morgan fingerprint density at radius 3 is 2.48 bits per heavy atom. The van der Waals surface area contributed by atoms with E-state index in [4.69, 9.17) is 16.1 Å². The standard InChI is InChI=1S/C40H51NO4S/c1-26-21-37-38(41(24-26)46(42,43)32-13-9-6-10-14-32)28(3)40(45-37)20-18-33-34-16-15-30-22-31(44-25-29-11-7-5-8-12-29)17-19-39(30,4)36(34)23-35(33)27(40)2/h5-15,26,28,31,33-38H,2,16-25H2,1,3-4H3/t26-,28+,31-,33-,34-,35-,36-,37+,38-,39-,40-/m0/s1. The van der Waals surface area contributed by atoms with Crippen LogP contribution >= 0.6 is 0 Å². The van der Waals surface area contributed by atoms with Crippen LogP contribution in [0.3, 0.4) is 0 Å². The zero-order chi connectivity index (χ0) is 31.8. The van der Waals surface area contributed by atoms with Crippen LogP contribution in [0.15, 0.2) is 89.4 Å². The lowest BCUT2D eigenvalue weighted by Gasteiger charge is -2.50. The van der Waals surface area contributed by atoms with Crippen molar-refractivity contribution < 1.29 is 17.9 Å². The second kappa shape index (κ2) is 11.4. The van der Waals surface area contributed by atoms with Gasteiger partial charge in [0.1, 0.15) is 0 Å². The number of rotatable bonds is 5. The van der Waals surface area contributed by atoms with Gasteiger partial charge in [-0.05, 0) is 110 Å². The summed E-state index contributed by atoms with van der Waals surface area (Å²) in [5.74, 6) is 2.77. The van der Waals surface area contributed by atoms with E-state index in [2.05, 4.69) is 57.2 Å². The molecule has 6 aliphatic rings. The Kier molecular flexibility index (Phi) is 7.71. The average Bonchev–Trinajstić information content (AvgIpc) is 3.59. The monoisotopic (exact) mass is 641 g/mol. The summed E-state index contributed by atoms with van der Waals surface area (Å²) in [6.45, 7) is 13.1. The fourth-order valence-corrected chi connectivity index (χ4v) is 13.2. The minimum absolute atomic E-state index is 0.0704. The van der Waals surface area contributed by atoms with Crippen molar-refractivity contribution in [1.82, 2.24) is 4.31 Å². The Hall–Kier alpha value is -2.25. The first-order valence-corrected chi connectivity index (χ1v) is 19.3. The van der Waals surface area contributed by atoms with Gasteiger partial charge < -0.3 is 9.47 Å². The highest BCUT2D eigenvalue weighted by molar-refractivity contribution is 7.89. The van der Waals surface area contributed by atoms with Crippen LogP contribution in [0.25, 0.3) is 0 Å². The van der Waals surface area contributed by atoms with Crippen LogP contribution in [0.5, 0.6) is 0 Å². The van der Waals surface area contributed by atoms with Crippen LogP contribution in [0.2, 0.25) is 0 Å². The lowest BCUT2D eigenvalue weighted by molar-refractivity contribution is -0.0716. The third kappa shape index (κ3) is 4.75. The first-order valence-electron chi connectivity index (χ1n) is 17.9. The van der Waals surface area contributed by atoms with Crippen LogP contribution in [0.4, 0.5) is 0 Å². The molecule has 0 aromatic heterocycles. The molecule has 0 N–H and O–H groups in total. The number of nitrogens with zero attached hydrogens (tertiary/aromatic N) is 1. The van der Waals surface area contributed by atoms with E-state index in [1.807, 2.05) is 22.5 Å². The molecule has 6 heteroatoms. The molecule has 0 bridgehead atoms. The molecule has 0 radical (unpaired) electrons. The number of sulfonamides is 1. The molecule has 0 unspecified atom stereocenters. The molecule has 2 aromatic carbocycles. The van der Waals surface area contributed by atoms with Crippen LogP contribution in [-0.4, -0.2) is 43.1 Å². The molecule has 2 aliphatic heterocycles. The van der Waals surface area contributed by atoms with E-state index in [1.165, 1.54) is 30.4 Å². The van der Waals surface area contributed by atoms with Crippen molar-refractivity contribution >= 4 is 10.0 Å². The molecule has 2 aromatic rings.